The van der Waals surface area contributed by atoms with Gasteiger partial charge in [0.05, 0.1) is 17.6 Å². The molecule has 1 aromatic heterocycles. The Morgan fingerprint density at radius 1 is 0.871 bits per heavy atom. The van der Waals surface area contributed by atoms with E-state index in [9.17, 15) is 4.79 Å². The van der Waals surface area contributed by atoms with Gasteiger partial charge in [0.25, 0.3) is 5.91 Å². The number of benzene rings is 3. The van der Waals surface area contributed by atoms with Crippen LogP contribution in [-0.4, -0.2) is 17.1 Å². The van der Waals surface area contributed by atoms with Crippen LogP contribution in [0.4, 0.5) is 0 Å². The van der Waals surface area contributed by atoms with Crippen molar-refractivity contribution in [3.8, 4) is 22.5 Å². The summed E-state index contributed by atoms with van der Waals surface area (Å²) in [5.41, 5.74) is 8.43. The number of aryl methyl sites for hydroxylation is 1. The largest absolute Gasteiger partial charge is 0.271 e. The Balaban J connectivity index is 1.65. The van der Waals surface area contributed by atoms with Crippen LogP contribution in [0.15, 0.2) is 96.1 Å². The van der Waals surface area contributed by atoms with E-state index in [-0.39, 0.29) is 5.91 Å². The number of nitrogens with one attached hydrogen (secondary N) is 1. The Hall–Kier alpha value is -3.76. The quantitative estimate of drug-likeness (QED) is 0.308. The van der Waals surface area contributed by atoms with Crippen molar-refractivity contribution in [2.24, 2.45) is 5.10 Å². The van der Waals surface area contributed by atoms with Crippen molar-refractivity contribution >= 4 is 23.7 Å². The first-order valence-electron chi connectivity index (χ1n) is 9.82. The highest BCUT2D eigenvalue weighted by atomic mass is 35.5. The van der Waals surface area contributed by atoms with Gasteiger partial charge in [-0.25, -0.2) is 10.4 Å². The maximum absolute atomic E-state index is 12.8. The van der Waals surface area contributed by atoms with Crippen molar-refractivity contribution in [2.45, 2.75) is 6.92 Å². The molecule has 0 saturated carbocycles. The van der Waals surface area contributed by atoms with E-state index in [1.165, 1.54) is 0 Å². The fourth-order valence-electron chi connectivity index (χ4n) is 3.07. The summed E-state index contributed by atoms with van der Waals surface area (Å²) in [6.45, 7) is 2.04. The van der Waals surface area contributed by atoms with Crippen LogP contribution in [0.2, 0.25) is 5.02 Å². The molecule has 0 aliphatic heterocycles. The van der Waals surface area contributed by atoms with Crippen LogP contribution in [-0.2, 0) is 0 Å². The van der Waals surface area contributed by atoms with E-state index >= 15 is 0 Å². The van der Waals surface area contributed by atoms with Crippen LogP contribution in [0, 0.1) is 6.92 Å². The molecule has 5 heteroatoms. The van der Waals surface area contributed by atoms with Crippen molar-refractivity contribution in [3.63, 3.8) is 0 Å². The summed E-state index contributed by atoms with van der Waals surface area (Å²) in [4.78, 5) is 17.6. The summed E-state index contributed by atoms with van der Waals surface area (Å²) in [5.74, 6) is -0.307. The number of hydrazone groups is 1. The standard InChI is InChI=1S/C26H20ClN3O/c1-18-7-11-21(12-8-18)25-16-22(15-24(29-25)20-5-3-2-4-6-20)26(31)30-28-17-19-9-13-23(27)14-10-19/h2-17H,1H3,(H,30,31)/b28-17+. The Morgan fingerprint density at radius 3 is 2.13 bits per heavy atom. The van der Waals surface area contributed by atoms with E-state index < -0.39 is 0 Å². The molecule has 152 valence electrons. The summed E-state index contributed by atoms with van der Waals surface area (Å²) in [7, 11) is 0. The van der Waals surface area contributed by atoms with Crippen LogP contribution in [0.1, 0.15) is 21.5 Å². The van der Waals surface area contributed by atoms with Crippen LogP contribution < -0.4 is 5.43 Å². The first kappa shape index (κ1) is 20.5. The maximum Gasteiger partial charge on any atom is 0.271 e. The van der Waals surface area contributed by atoms with Crippen LogP contribution in [0.3, 0.4) is 0 Å². The van der Waals surface area contributed by atoms with E-state index in [4.69, 9.17) is 16.6 Å². The number of hydrogen-bond acceptors (Lipinski definition) is 3. The number of carbonyl (C=O) groups excluding carboxylic acids is 1. The Morgan fingerprint density at radius 2 is 1.48 bits per heavy atom. The highest BCUT2D eigenvalue weighted by molar-refractivity contribution is 6.30. The molecule has 1 heterocycles. The zero-order valence-corrected chi connectivity index (χ0v) is 17.7. The minimum Gasteiger partial charge on any atom is -0.267 e. The predicted octanol–water partition coefficient (Wildman–Crippen LogP) is 6.14. The normalized spacial score (nSPS) is 10.9. The monoisotopic (exact) mass is 425 g/mol. The molecule has 1 amide bonds. The summed E-state index contributed by atoms with van der Waals surface area (Å²) >= 11 is 5.90. The maximum atomic E-state index is 12.8. The Labute approximate surface area is 186 Å². The summed E-state index contributed by atoms with van der Waals surface area (Å²) in [6.07, 6.45) is 1.58. The molecule has 0 spiro atoms. The average Bonchev–Trinajstić information content (AvgIpc) is 2.81. The van der Waals surface area contributed by atoms with E-state index in [0.717, 1.165) is 33.6 Å². The zero-order chi connectivity index (χ0) is 21.6. The number of nitrogens with zero attached hydrogens (tertiary/aromatic N) is 2. The summed E-state index contributed by atoms with van der Waals surface area (Å²) in [5, 5.41) is 4.72. The molecule has 0 fully saturated rings. The number of halogens is 1. The van der Waals surface area contributed by atoms with Crippen molar-refractivity contribution in [2.75, 3.05) is 0 Å². The molecule has 4 nitrogen and oxygen atoms in total. The zero-order valence-electron chi connectivity index (χ0n) is 16.9. The van der Waals surface area contributed by atoms with Gasteiger partial charge in [0.15, 0.2) is 0 Å². The lowest BCUT2D eigenvalue weighted by atomic mass is 10.0. The van der Waals surface area contributed by atoms with Gasteiger partial charge in [-0.15, -0.1) is 0 Å². The average molecular weight is 426 g/mol. The SMILES string of the molecule is Cc1ccc(-c2cc(C(=O)N/N=C/c3ccc(Cl)cc3)cc(-c3ccccc3)n2)cc1. The second kappa shape index (κ2) is 9.37. The molecule has 0 aliphatic rings. The van der Waals surface area contributed by atoms with Crippen LogP contribution >= 0.6 is 11.6 Å². The molecular weight excluding hydrogens is 406 g/mol. The predicted molar refractivity (Wildman–Crippen MR) is 126 cm³/mol. The molecule has 1 N–H and O–H groups in total. The fraction of sp³-hybridized carbons (Fsp3) is 0.0385. The number of hydrogen-bond donors (Lipinski definition) is 1. The molecule has 0 aliphatic carbocycles. The lowest BCUT2D eigenvalue weighted by Crippen LogP contribution is -2.18. The van der Waals surface area contributed by atoms with Crippen LogP contribution in [0.25, 0.3) is 22.5 Å². The molecule has 0 atom stereocenters. The third kappa shape index (κ3) is 5.24. The number of aromatic nitrogens is 1. The molecule has 3 aromatic carbocycles. The molecule has 0 saturated heterocycles. The van der Waals surface area contributed by atoms with E-state index in [0.29, 0.717) is 10.6 Å². The smallest absolute Gasteiger partial charge is 0.267 e. The topological polar surface area (TPSA) is 54.4 Å². The lowest BCUT2D eigenvalue weighted by molar-refractivity contribution is 0.0955. The Kier molecular flexibility index (Phi) is 6.20. The molecule has 0 radical (unpaired) electrons. The number of rotatable bonds is 5. The molecular formula is C26H20ClN3O. The second-order valence-corrected chi connectivity index (χ2v) is 7.55. The van der Waals surface area contributed by atoms with Crippen molar-refractivity contribution in [1.82, 2.24) is 10.4 Å². The highest BCUT2D eigenvalue weighted by Crippen LogP contribution is 2.25. The van der Waals surface area contributed by atoms with Gasteiger partial charge < -0.3 is 0 Å². The molecule has 31 heavy (non-hydrogen) atoms. The van der Waals surface area contributed by atoms with Crippen molar-refractivity contribution in [3.05, 3.63) is 113 Å². The van der Waals surface area contributed by atoms with Gasteiger partial charge in [0.2, 0.25) is 0 Å². The summed E-state index contributed by atoms with van der Waals surface area (Å²) < 4.78 is 0. The van der Waals surface area contributed by atoms with Crippen molar-refractivity contribution in [1.29, 1.82) is 0 Å². The van der Waals surface area contributed by atoms with Gasteiger partial charge in [0, 0.05) is 21.7 Å². The van der Waals surface area contributed by atoms with Gasteiger partial charge in [-0.05, 0) is 36.8 Å². The lowest BCUT2D eigenvalue weighted by Gasteiger charge is -2.09. The van der Waals surface area contributed by atoms with E-state index in [2.05, 4.69) is 10.5 Å². The summed E-state index contributed by atoms with van der Waals surface area (Å²) in [6, 6.07) is 28.6. The van der Waals surface area contributed by atoms with Crippen molar-refractivity contribution < 1.29 is 4.79 Å². The second-order valence-electron chi connectivity index (χ2n) is 7.11. The van der Waals surface area contributed by atoms with Gasteiger partial charge in [0.1, 0.15) is 0 Å². The minimum absolute atomic E-state index is 0.307. The fourth-order valence-corrected chi connectivity index (χ4v) is 3.20. The number of carbonyl (C=O) groups is 1. The third-order valence-electron chi connectivity index (χ3n) is 4.75. The number of amides is 1. The highest BCUT2D eigenvalue weighted by Gasteiger charge is 2.12. The molecule has 4 aromatic rings. The van der Waals surface area contributed by atoms with Gasteiger partial charge >= 0.3 is 0 Å². The van der Waals surface area contributed by atoms with E-state index in [1.807, 2.05) is 73.7 Å². The number of pyridine rings is 1. The van der Waals surface area contributed by atoms with Crippen LogP contribution in [0.5, 0.6) is 0 Å². The molecule has 0 unspecified atom stereocenters. The first-order chi connectivity index (χ1) is 15.1. The minimum atomic E-state index is -0.307. The third-order valence-corrected chi connectivity index (χ3v) is 5.01. The van der Waals surface area contributed by atoms with Gasteiger partial charge in [-0.2, -0.15) is 5.10 Å². The Bertz CT molecular complexity index is 1220. The van der Waals surface area contributed by atoms with E-state index in [1.54, 1.807) is 30.5 Å². The first-order valence-corrected chi connectivity index (χ1v) is 10.2. The van der Waals surface area contributed by atoms with Gasteiger partial charge in [-0.3, -0.25) is 4.79 Å². The molecule has 4 rings (SSSR count). The molecule has 0 bridgehead atoms. The van der Waals surface area contributed by atoms with Gasteiger partial charge in [-0.1, -0.05) is 83.9 Å².